The van der Waals surface area contributed by atoms with E-state index in [4.69, 9.17) is 5.11 Å². The molecule has 2 unspecified atom stereocenters. The molecule has 0 aromatic heterocycles. The molecule has 0 bridgehead atoms. The van der Waals surface area contributed by atoms with Crippen molar-refractivity contribution in [3.8, 4) is 0 Å². The Hall–Kier alpha value is -0.570. The van der Waals surface area contributed by atoms with E-state index in [1.807, 2.05) is 0 Å². The molecular weight excluding hydrogens is 214 g/mol. The average molecular weight is 241 g/mol. The number of unbranched alkanes of at least 4 members (excludes halogenated alkanes) is 4. The van der Waals surface area contributed by atoms with Crippen molar-refractivity contribution < 1.29 is 9.90 Å². The Balaban J connectivity index is 2.16. The number of carboxylic acids is 1. The van der Waals surface area contributed by atoms with Crippen LogP contribution < -0.4 is 0 Å². The van der Waals surface area contributed by atoms with Crippen LogP contribution in [0.3, 0.4) is 0 Å². The molecule has 1 aliphatic heterocycles. The van der Waals surface area contributed by atoms with Crippen LogP contribution in [0.2, 0.25) is 0 Å². The molecule has 1 N–H and O–H groups in total. The van der Waals surface area contributed by atoms with Gasteiger partial charge < -0.3 is 10.0 Å². The zero-order valence-corrected chi connectivity index (χ0v) is 11.3. The molecule has 0 amide bonds. The molecule has 1 saturated heterocycles. The average Bonchev–Trinajstić information content (AvgIpc) is 2.30. The summed E-state index contributed by atoms with van der Waals surface area (Å²) < 4.78 is 0. The van der Waals surface area contributed by atoms with Gasteiger partial charge in [-0.3, -0.25) is 4.79 Å². The van der Waals surface area contributed by atoms with Crippen LogP contribution >= 0.6 is 0 Å². The summed E-state index contributed by atoms with van der Waals surface area (Å²) in [5, 5.41) is 9.00. The van der Waals surface area contributed by atoms with E-state index < -0.39 is 5.97 Å². The number of rotatable bonds is 7. The van der Waals surface area contributed by atoms with Gasteiger partial charge in [-0.05, 0) is 39.3 Å². The Morgan fingerprint density at radius 3 is 2.59 bits per heavy atom. The van der Waals surface area contributed by atoms with Crippen LogP contribution in [0.5, 0.6) is 0 Å². The Bertz CT molecular complexity index is 230. The molecule has 3 nitrogen and oxygen atoms in total. The molecule has 3 heteroatoms. The Labute approximate surface area is 105 Å². The lowest BCUT2D eigenvalue weighted by molar-refractivity contribution is -0.144. The number of nitrogens with zero attached hydrogens (tertiary/aromatic N) is 1. The third-order valence-corrected chi connectivity index (χ3v) is 3.91. The highest BCUT2D eigenvalue weighted by atomic mass is 16.4. The summed E-state index contributed by atoms with van der Waals surface area (Å²) in [6.07, 6.45) is 8.22. The van der Waals surface area contributed by atoms with Gasteiger partial charge in [-0.1, -0.05) is 32.6 Å². The number of hydrogen-bond donors (Lipinski definition) is 1. The molecule has 0 radical (unpaired) electrons. The predicted octanol–water partition coefficient (Wildman–Crippen LogP) is 3.14. The summed E-state index contributed by atoms with van der Waals surface area (Å²) >= 11 is 0. The second kappa shape index (κ2) is 7.70. The molecule has 1 rings (SSSR count). The monoisotopic (exact) mass is 241 g/mol. The molecule has 100 valence electrons. The highest BCUT2D eigenvalue weighted by molar-refractivity contribution is 5.70. The first-order valence-electron chi connectivity index (χ1n) is 7.12. The second-order valence-electron chi connectivity index (χ2n) is 5.36. The molecule has 2 atom stereocenters. The maximum absolute atomic E-state index is 10.9. The molecule has 1 fully saturated rings. The smallest absolute Gasteiger partial charge is 0.306 e. The number of piperidine rings is 1. The summed E-state index contributed by atoms with van der Waals surface area (Å²) in [7, 11) is 0. The number of hydrogen-bond acceptors (Lipinski definition) is 2. The lowest BCUT2D eigenvalue weighted by Crippen LogP contribution is -2.43. The van der Waals surface area contributed by atoms with Crippen LogP contribution in [0.25, 0.3) is 0 Å². The zero-order chi connectivity index (χ0) is 12.7. The van der Waals surface area contributed by atoms with Gasteiger partial charge in [-0.2, -0.15) is 0 Å². The summed E-state index contributed by atoms with van der Waals surface area (Å²) in [4.78, 5) is 13.4. The van der Waals surface area contributed by atoms with E-state index >= 15 is 0 Å². The van der Waals surface area contributed by atoms with Gasteiger partial charge in [0.05, 0.1) is 5.92 Å². The second-order valence-corrected chi connectivity index (χ2v) is 5.36. The van der Waals surface area contributed by atoms with E-state index in [0.717, 1.165) is 25.9 Å². The number of carbonyl (C=O) groups is 1. The van der Waals surface area contributed by atoms with Gasteiger partial charge in [0.1, 0.15) is 0 Å². The van der Waals surface area contributed by atoms with E-state index in [1.165, 1.54) is 32.1 Å². The SMILES string of the molecule is CCCCCCCN1CCC(C(=O)O)CC1C. The number of carboxylic acid groups (broad SMARTS) is 1. The van der Waals surface area contributed by atoms with Crippen molar-refractivity contribution in [2.24, 2.45) is 5.92 Å². The minimum absolute atomic E-state index is 0.110. The van der Waals surface area contributed by atoms with E-state index in [0.29, 0.717) is 6.04 Å². The minimum atomic E-state index is -0.612. The van der Waals surface area contributed by atoms with Crippen molar-refractivity contribution in [3.05, 3.63) is 0 Å². The molecular formula is C14H27NO2. The molecule has 0 aromatic rings. The van der Waals surface area contributed by atoms with Crippen molar-refractivity contribution in [2.45, 2.75) is 64.8 Å². The first-order chi connectivity index (χ1) is 8.15. The lowest BCUT2D eigenvalue weighted by Gasteiger charge is -2.36. The van der Waals surface area contributed by atoms with E-state index in [1.54, 1.807) is 0 Å². The van der Waals surface area contributed by atoms with Crippen LogP contribution in [-0.4, -0.2) is 35.1 Å². The standard InChI is InChI=1S/C14H27NO2/c1-3-4-5-6-7-9-15-10-8-13(14(16)17)11-12(15)2/h12-13H,3-11H2,1-2H3,(H,16,17). The van der Waals surface area contributed by atoms with Gasteiger partial charge in [0.15, 0.2) is 0 Å². The normalized spacial score (nSPS) is 26.0. The quantitative estimate of drug-likeness (QED) is 0.696. The molecule has 1 aliphatic rings. The molecule has 0 aromatic carbocycles. The third kappa shape index (κ3) is 5.07. The summed E-state index contributed by atoms with van der Waals surface area (Å²) in [5.74, 6) is -0.721. The Morgan fingerprint density at radius 1 is 1.29 bits per heavy atom. The van der Waals surface area contributed by atoms with Crippen molar-refractivity contribution in [3.63, 3.8) is 0 Å². The fourth-order valence-electron chi connectivity index (χ4n) is 2.70. The fourth-order valence-corrected chi connectivity index (χ4v) is 2.70. The summed E-state index contributed by atoms with van der Waals surface area (Å²) in [6.45, 7) is 6.52. The number of likely N-dealkylation sites (tertiary alicyclic amines) is 1. The first kappa shape index (κ1) is 14.5. The third-order valence-electron chi connectivity index (χ3n) is 3.91. The van der Waals surface area contributed by atoms with E-state index in [2.05, 4.69) is 18.7 Å². The van der Waals surface area contributed by atoms with Crippen molar-refractivity contribution in [1.82, 2.24) is 4.90 Å². The van der Waals surface area contributed by atoms with Gasteiger partial charge in [0, 0.05) is 6.04 Å². The maximum atomic E-state index is 10.9. The summed E-state index contributed by atoms with van der Waals surface area (Å²) in [6, 6.07) is 0.441. The highest BCUT2D eigenvalue weighted by Crippen LogP contribution is 2.23. The fraction of sp³-hybridized carbons (Fsp3) is 0.929. The largest absolute Gasteiger partial charge is 0.481 e. The summed E-state index contributed by atoms with van der Waals surface area (Å²) in [5.41, 5.74) is 0. The van der Waals surface area contributed by atoms with Crippen LogP contribution in [0.15, 0.2) is 0 Å². The van der Waals surface area contributed by atoms with E-state index in [9.17, 15) is 4.79 Å². The van der Waals surface area contributed by atoms with Gasteiger partial charge in [-0.15, -0.1) is 0 Å². The molecule has 0 saturated carbocycles. The zero-order valence-electron chi connectivity index (χ0n) is 11.3. The van der Waals surface area contributed by atoms with Crippen LogP contribution in [0.4, 0.5) is 0 Å². The minimum Gasteiger partial charge on any atom is -0.481 e. The molecule has 0 spiro atoms. The molecule has 0 aliphatic carbocycles. The van der Waals surface area contributed by atoms with Gasteiger partial charge in [-0.25, -0.2) is 0 Å². The molecule has 17 heavy (non-hydrogen) atoms. The van der Waals surface area contributed by atoms with Crippen molar-refractivity contribution >= 4 is 5.97 Å². The molecule has 1 heterocycles. The Kier molecular flexibility index (Phi) is 6.56. The topological polar surface area (TPSA) is 40.5 Å². The predicted molar refractivity (Wildman–Crippen MR) is 70.2 cm³/mol. The van der Waals surface area contributed by atoms with Crippen molar-refractivity contribution in [2.75, 3.05) is 13.1 Å². The van der Waals surface area contributed by atoms with Crippen LogP contribution in [0.1, 0.15) is 58.8 Å². The maximum Gasteiger partial charge on any atom is 0.306 e. The van der Waals surface area contributed by atoms with Crippen molar-refractivity contribution in [1.29, 1.82) is 0 Å². The van der Waals surface area contributed by atoms with Gasteiger partial charge in [0.2, 0.25) is 0 Å². The number of aliphatic carboxylic acids is 1. The van der Waals surface area contributed by atoms with Crippen LogP contribution in [0, 0.1) is 5.92 Å². The lowest BCUT2D eigenvalue weighted by atomic mass is 9.91. The van der Waals surface area contributed by atoms with Gasteiger partial charge >= 0.3 is 5.97 Å². The van der Waals surface area contributed by atoms with Gasteiger partial charge in [0.25, 0.3) is 0 Å². The Morgan fingerprint density at radius 2 is 2.00 bits per heavy atom. The van der Waals surface area contributed by atoms with E-state index in [-0.39, 0.29) is 5.92 Å². The highest BCUT2D eigenvalue weighted by Gasteiger charge is 2.28. The first-order valence-corrected chi connectivity index (χ1v) is 7.12. The van der Waals surface area contributed by atoms with Crippen LogP contribution in [-0.2, 0) is 4.79 Å².